The number of nitrogens with two attached hydrogens (primary N) is 1. The number of amides is 2. The number of benzene rings is 2. The number of rotatable bonds is 6. The van der Waals surface area contributed by atoms with Gasteiger partial charge in [-0.2, -0.15) is 0 Å². The van der Waals surface area contributed by atoms with Crippen molar-refractivity contribution in [2.24, 2.45) is 5.73 Å². The highest BCUT2D eigenvalue weighted by Crippen LogP contribution is 2.40. The normalized spacial score (nSPS) is 14.8. The number of carbonyl (C=O) groups excluding carboxylic acids is 2. The number of carbonyl (C=O) groups is 2. The van der Waals surface area contributed by atoms with Crippen LogP contribution in [0.3, 0.4) is 0 Å². The third-order valence-electron chi connectivity index (χ3n) is 5.75. The Morgan fingerprint density at radius 2 is 1.94 bits per heavy atom. The van der Waals surface area contributed by atoms with Crippen LogP contribution in [0.25, 0.3) is 0 Å². The number of hydrogen-bond acceptors (Lipinski definition) is 4. The van der Waals surface area contributed by atoms with Crippen molar-refractivity contribution < 1.29 is 19.1 Å². The molecule has 0 saturated heterocycles. The van der Waals surface area contributed by atoms with E-state index >= 15 is 0 Å². The van der Waals surface area contributed by atoms with Crippen molar-refractivity contribution in [3.63, 3.8) is 0 Å². The highest BCUT2D eigenvalue weighted by Gasteiger charge is 2.35. The minimum Gasteiger partial charge on any atom is -0.390 e. The molecular formula is C24H21ClFN3O3. The second-order valence-electron chi connectivity index (χ2n) is 7.62. The predicted molar refractivity (Wildman–Crippen MR) is 117 cm³/mol. The van der Waals surface area contributed by atoms with Crippen LogP contribution in [0.15, 0.2) is 54.7 Å². The summed E-state index contributed by atoms with van der Waals surface area (Å²) in [4.78, 5) is 31.3. The van der Waals surface area contributed by atoms with Gasteiger partial charge in [0.15, 0.2) is 0 Å². The van der Waals surface area contributed by atoms with Gasteiger partial charge in [-0.05, 0) is 59.9 Å². The lowest BCUT2D eigenvalue weighted by Crippen LogP contribution is -2.35. The molecule has 6 nitrogen and oxygen atoms in total. The van der Waals surface area contributed by atoms with E-state index in [1.54, 1.807) is 47.4 Å². The van der Waals surface area contributed by atoms with Gasteiger partial charge in [0, 0.05) is 23.3 Å². The lowest BCUT2D eigenvalue weighted by Gasteiger charge is -2.31. The Kier molecular flexibility index (Phi) is 6.21. The Labute approximate surface area is 189 Å². The van der Waals surface area contributed by atoms with Crippen LogP contribution in [-0.4, -0.2) is 26.8 Å². The highest BCUT2D eigenvalue weighted by atomic mass is 35.5. The van der Waals surface area contributed by atoms with E-state index in [0.29, 0.717) is 35.1 Å². The molecule has 2 amide bonds. The molecule has 0 saturated carbocycles. The molecule has 1 aliphatic carbocycles. The number of nitrogens with zero attached hydrogens (tertiary/aromatic N) is 2. The van der Waals surface area contributed by atoms with Crippen molar-refractivity contribution in [3.05, 3.63) is 99.1 Å². The topological polar surface area (TPSA) is 96.5 Å². The van der Waals surface area contributed by atoms with Crippen LogP contribution >= 0.6 is 11.6 Å². The van der Waals surface area contributed by atoms with Gasteiger partial charge in [-0.25, -0.2) is 4.39 Å². The van der Waals surface area contributed by atoms with E-state index in [0.717, 1.165) is 0 Å². The van der Waals surface area contributed by atoms with Gasteiger partial charge in [0.2, 0.25) is 5.91 Å². The summed E-state index contributed by atoms with van der Waals surface area (Å²) in [6, 6.07) is 12.4. The number of aliphatic hydroxyl groups is 1. The molecule has 0 unspecified atom stereocenters. The third-order valence-corrected chi connectivity index (χ3v) is 5.97. The molecule has 3 aromatic rings. The van der Waals surface area contributed by atoms with E-state index in [2.05, 4.69) is 4.98 Å². The summed E-state index contributed by atoms with van der Waals surface area (Å²) in [7, 11) is 0. The van der Waals surface area contributed by atoms with Gasteiger partial charge in [0.25, 0.3) is 5.91 Å². The standard InChI is InChI=1S/C24H21ClFN3O3/c25-15-10-19-17(20(26)11-15)7-8-22(19)29(12-14-4-1-2-5-16(14)23(27)31)24(32)18-6-3-9-28-21(18)13-30/h1-6,9-11,22,30H,7-8,12-13H2,(H2,27,31)/t22-/m1/s1. The first kappa shape index (κ1) is 21.9. The van der Waals surface area contributed by atoms with E-state index in [4.69, 9.17) is 17.3 Å². The zero-order chi connectivity index (χ0) is 22.8. The number of pyridine rings is 1. The van der Waals surface area contributed by atoms with Gasteiger partial charge in [-0.1, -0.05) is 29.8 Å². The molecule has 164 valence electrons. The third kappa shape index (κ3) is 4.09. The summed E-state index contributed by atoms with van der Waals surface area (Å²) in [5, 5.41) is 9.94. The summed E-state index contributed by atoms with van der Waals surface area (Å²) in [6.45, 7) is -0.342. The van der Waals surface area contributed by atoms with Crippen LogP contribution in [-0.2, 0) is 19.6 Å². The van der Waals surface area contributed by atoms with Gasteiger partial charge in [-0.3, -0.25) is 14.6 Å². The zero-order valence-corrected chi connectivity index (χ0v) is 17.8. The Morgan fingerprint density at radius 1 is 1.19 bits per heavy atom. The van der Waals surface area contributed by atoms with E-state index < -0.39 is 24.4 Å². The Balaban J connectivity index is 1.82. The summed E-state index contributed by atoms with van der Waals surface area (Å²) in [5.41, 5.74) is 8.04. The van der Waals surface area contributed by atoms with Crippen LogP contribution in [0.1, 0.15) is 55.6 Å². The highest BCUT2D eigenvalue weighted by molar-refractivity contribution is 6.30. The minimum atomic E-state index is -0.605. The van der Waals surface area contributed by atoms with Gasteiger partial charge in [0.05, 0.1) is 23.9 Å². The fraction of sp³-hybridized carbons (Fsp3) is 0.208. The first-order chi connectivity index (χ1) is 15.4. The van der Waals surface area contributed by atoms with Gasteiger partial charge < -0.3 is 15.7 Å². The molecule has 8 heteroatoms. The van der Waals surface area contributed by atoms with Crippen LogP contribution in [0.2, 0.25) is 5.02 Å². The number of primary amides is 1. The van der Waals surface area contributed by atoms with Crippen molar-refractivity contribution in [2.45, 2.75) is 32.0 Å². The SMILES string of the molecule is NC(=O)c1ccccc1CN(C(=O)c1cccnc1CO)[C@@H]1CCc2c(F)cc(Cl)cc21. The van der Waals surface area contributed by atoms with Crippen LogP contribution in [0.4, 0.5) is 4.39 Å². The van der Waals surface area contributed by atoms with Crippen molar-refractivity contribution in [1.29, 1.82) is 0 Å². The zero-order valence-electron chi connectivity index (χ0n) is 17.1. The molecule has 4 rings (SSSR count). The monoisotopic (exact) mass is 453 g/mol. The first-order valence-corrected chi connectivity index (χ1v) is 10.5. The van der Waals surface area contributed by atoms with Crippen LogP contribution in [0, 0.1) is 5.82 Å². The maximum Gasteiger partial charge on any atom is 0.256 e. The molecule has 1 aliphatic rings. The maximum atomic E-state index is 14.5. The number of fused-ring (bicyclic) bond motifs is 1. The molecule has 1 atom stereocenters. The fourth-order valence-electron chi connectivity index (χ4n) is 4.26. The van der Waals surface area contributed by atoms with E-state index in [-0.39, 0.29) is 28.7 Å². The Bertz CT molecular complexity index is 1200. The largest absolute Gasteiger partial charge is 0.390 e. The smallest absolute Gasteiger partial charge is 0.256 e. The maximum absolute atomic E-state index is 14.5. The summed E-state index contributed by atoms with van der Waals surface area (Å²) in [5.74, 6) is -1.40. The number of aliphatic hydroxyl groups excluding tert-OH is 1. The average Bonchev–Trinajstić information content (AvgIpc) is 3.21. The lowest BCUT2D eigenvalue weighted by atomic mass is 10.0. The molecule has 0 aliphatic heterocycles. The van der Waals surface area contributed by atoms with E-state index in [1.165, 1.54) is 12.3 Å². The van der Waals surface area contributed by atoms with E-state index in [1.807, 2.05) is 0 Å². The lowest BCUT2D eigenvalue weighted by molar-refractivity contribution is 0.0652. The molecule has 3 N–H and O–H groups in total. The van der Waals surface area contributed by atoms with E-state index in [9.17, 15) is 19.1 Å². The predicted octanol–water partition coefficient (Wildman–Crippen LogP) is 3.80. The second kappa shape index (κ2) is 9.06. The second-order valence-corrected chi connectivity index (χ2v) is 8.06. The van der Waals surface area contributed by atoms with Crippen LogP contribution < -0.4 is 5.73 Å². The molecule has 32 heavy (non-hydrogen) atoms. The molecule has 2 aromatic carbocycles. The van der Waals surface area contributed by atoms with Crippen molar-refractivity contribution >= 4 is 23.4 Å². The van der Waals surface area contributed by atoms with Crippen LogP contribution in [0.5, 0.6) is 0 Å². The Morgan fingerprint density at radius 3 is 2.69 bits per heavy atom. The van der Waals surface area contributed by atoms with Crippen molar-refractivity contribution in [2.75, 3.05) is 0 Å². The van der Waals surface area contributed by atoms with Gasteiger partial charge in [0.1, 0.15) is 5.82 Å². The number of aromatic nitrogens is 1. The van der Waals surface area contributed by atoms with Crippen molar-refractivity contribution in [1.82, 2.24) is 9.88 Å². The molecule has 0 bridgehead atoms. The fourth-order valence-corrected chi connectivity index (χ4v) is 4.48. The number of hydrogen-bond donors (Lipinski definition) is 2. The first-order valence-electron chi connectivity index (χ1n) is 10.1. The average molecular weight is 454 g/mol. The van der Waals surface area contributed by atoms with Gasteiger partial charge >= 0.3 is 0 Å². The van der Waals surface area contributed by atoms with Gasteiger partial charge in [-0.15, -0.1) is 0 Å². The van der Waals surface area contributed by atoms with Crippen molar-refractivity contribution in [3.8, 4) is 0 Å². The number of halogens is 2. The molecule has 0 fully saturated rings. The molecule has 0 radical (unpaired) electrons. The minimum absolute atomic E-state index is 0.0654. The molecule has 0 spiro atoms. The molecule has 1 heterocycles. The molecular weight excluding hydrogens is 433 g/mol. The molecule has 1 aromatic heterocycles. The summed E-state index contributed by atoms with van der Waals surface area (Å²) < 4.78 is 14.5. The Hall–Kier alpha value is -3.29. The summed E-state index contributed by atoms with van der Waals surface area (Å²) in [6.07, 6.45) is 2.44. The quantitative estimate of drug-likeness (QED) is 0.593. The summed E-state index contributed by atoms with van der Waals surface area (Å²) >= 11 is 6.12.